The maximum Gasteiger partial charge on any atom is 0.325 e. The minimum absolute atomic E-state index is 0.139. The average molecular weight is 445 g/mol. The van der Waals surface area contributed by atoms with Gasteiger partial charge in [0.05, 0.1) is 24.2 Å². The molecule has 30 heavy (non-hydrogen) atoms. The molecule has 2 aliphatic rings. The molecule has 0 saturated carbocycles. The summed E-state index contributed by atoms with van der Waals surface area (Å²) in [5, 5.41) is 8.83. The minimum Gasteiger partial charge on any atom is -0.382 e. The van der Waals surface area contributed by atoms with Crippen molar-refractivity contribution in [2.45, 2.75) is 33.9 Å². The van der Waals surface area contributed by atoms with Crippen molar-refractivity contribution in [3.05, 3.63) is 54.1 Å². The van der Waals surface area contributed by atoms with Crippen LogP contribution in [0.5, 0.6) is 0 Å². The van der Waals surface area contributed by atoms with Crippen molar-refractivity contribution in [2.24, 2.45) is 0 Å². The van der Waals surface area contributed by atoms with E-state index in [1.165, 1.54) is 28.1 Å². The topological polar surface area (TPSA) is 88.8 Å². The molecule has 0 bridgehead atoms. The summed E-state index contributed by atoms with van der Waals surface area (Å²) in [7, 11) is -2.89. The highest BCUT2D eigenvalue weighted by Gasteiger charge is 2.44. The van der Waals surface area contributed by atoms with Crippen LogP contribution < -0.4 is 0 Å². The van der Waals surface area contributed by atoms with E-state index in [1.807, 2.05) is 24.3 Å². The van der Waals surface area contributed by atoms with Gasteiger partial charge in [0.25, 0.3) is 0 Å². The van der Waals surface area contributed by atoms with Crippen molar-refractivity contribution < 1.29 is 23.5 Å². The molecule has 0 aromatic heterocycles. The summed E-state index contributed by atoms with van der Waals surface area (Å²) in [5.41, 5.74) is 3.15. The van der Waals surface area contributed by atoms with Gasteiger partial charge in [-0.3, -0.25) is 4.57 Å². The zero-order valence-corrected chi connectivity index (χ0v) is 18.6. The molecule has 1 fully saturated rings. The van der Waals surface area contributed by atoms with Gasteiger partial charge in [-0.2, -0.15) is 16.2 Å². The normalized spacial score (nSPS) is 28.1. The number of methoxy groups -OCH3 is 1. The Balaban J connectivity index is 1.71. The Labute approximate surface area is 179 Å². The molecule has 3 unspecified atom stereocenters. The molecule has 4 rings (SSSR count). The second kappa shape index (κ2) is 8.68. The molecule has 2 heterocycles. The summed E-state index contributed by atoms with van der Waals surface area (Å²) in [5.74, 6) is 0. The molecule has 6 nitrogen and oxygen atoms in total. The Bertz CT molecular complexity index is 1060. The van der Waals surface area contributed by atoms with Gasteiger partial charge in [-0.25, -0.2) is 0 Å². The van der Waals surface area contributed by atoms with Crippen LogP contribution in [-0.4, -0.2) is 42.9 Å². The van der Waals surface area contributed by atoms with E-state index in [9.17, 15) is 9.46 Å². The second-order valence-corrected chi connectivity index (χ2v) is 11.5. The summed E-state index contributed by atoms with van der Waals surface area (Å²) in [6.07, 6.45) is 2.92. The molecule has 2 aromatic carbocycles. The Morgan fingerprint density at radius 3 is 2.80 bits per heavy atom. The van der Waals surface area contributed by atoms with Crippen molar-refractivity contribution in [1.82, 2.24) is 0 Å². The number of nitriles is 1. The molecule has 0 radical (unpaired) electrons. The summed E-state index contributed by atoms with van der Waals surface area (Å²) in [6, 6.07) is 16.5. The number of thiol groups is 1. The fraction of sp³-hybridized carbons (Fsp3) is 0.318. The summed E-state index contributed by atoms with van der Waals surface area (Å²) < 4.78 is 29.0. The molecule has 0 amide bonds. The van der Waals surface area contributed by atoms with E-state index in [1.54, 1.807) is 13.2 Å². The molecular weight excluding hydrogens is 421 g/mol. The van der Waals surface area contributed by atoms with Crippen molar-refractivity contribution in [3.63, 3.8) is 0 Å². The molecule has 0 aliphatic carbocycles. The van der Waals surface area contributed by atoms with Gasteiger partial charge < -0.3 is 18.9 Å². The lowest BCUT2D eigenvalue weighted by atomic mass is 10.0. The van der Waals surface area contributed by atoms with Gasteiger partial charge in [0.1, 0.15) is 6.10 Å². The standard InChI is InChI=1S/C22H24NO5PS/c1-26-14-19-18(28-29(2,24)25)13-22(27-19)30-20-8-4-3-7-16(20)17-12-15(6-5-11-23)9-10-21(17)30/h3-10,12,18-19,22,30H,13-14H2,1-2H3,(H,24,25)/b6-5+/t18?,19-,22+/m1/s1. The van der Waals surface area contributed by atoms with E-state index in [-0.39, 0.29) is 5.44 Å². The monoisotopic (exact) mass is 445 g/mol. The van der Waals surface area contributed by atoms with Crippen LogP contribution in [0.15, 0.2) is 58.3 Å². The molecule has 5 atom stereocenters. The molecule has 1 saturated heterocycles. The molecule has 2 aliphatic heterocycles. The molecule has 8 heteroatoms. The van der Waals surface area contributed by atoms with E-state index in [0.29, 0.717) is 13.0 Å². The maximum absolute atomic E-state index is 11.9. The lowest BCUT2D eigenvalue weighted by molar-refractivity contribution is -0.0112. The lowest BCUT2D eigenvalue weighted by Gasteiger charge is -2.25. The van der Waals surface area contributed by atoms with Crippen molar-refractivity contribution >= 4 is 24.6 Å². The Morgan fingerprint density at radius 1 is 1.30 bits per heavy atom. The smallest absolute Gasteiger partial charge is 0.325 e. The van der Waals surface area contributed by atoms with E-state index in [2.05, 4.69) is 24.3 Å². The third kappa shape index (κ3) is 4.26. The van der Waals surface area contributed by atoms with Gasteiger partial charge >= 0.3 is 7.60 Å². The highest BCUT2D eigenvalue weighted by Crippen LogP contribution is 2.63. The SMILES string of the molecule is COC[C@H]1O[C@@H]([SH]2c3ccccc3-c3cc(/C=C/C#N)ccc32)CC1OP(C)(=O)O. The maximum atomic E-state index is 11.9. The zero-order chi connectivity index (χ0) is 21.3. The van der Waals surface area contributed by atoms with E-state index < -0.39 is 30.7 Å². The van der Waals surface area contributed by atoms with Crippen LogP contribution >= 0.6 is 18.5 Å². The largest absolute Gasteiger partial charge is 0.382 e. The van der Waals surface area contributed by atoms with Crippen LogP contribution in [0.25, 0.3) is 17.2 Å². The first kappa shape index (κ1) is 21.3. The molecule has 1 N–H and O–H groups in total. The fourth-order valence-electron chi connectivity index (χ4n) is 4.10. The highest BCUT2D eigenvalue weighted by molar-refractivity contribution is 8.18. The van der Waals surface area contributed by atoms with E-state index >= 15 is 0 Å². The third-order valence-corrected chi connectivity index (χ3v) is 8.60. The zero-order valence-electron chi connectivity index (χ0n) is 16.8. The molecular formula is C22H24NO5PS. The van der Waals surface area contributed by atoms with Crippen LogP contribution in [0.2, 0.25) is 0 Å². The van der Waals surface area contributed by atoms with Gasteiger partial charge in [-0.05, 0) is 41.0 Å². The van der Waals surface area contributed by atoms with Crippen molar-refractivity contribution in [2.75, 3.05) is 20.4 Å². The second-order valence-electron chi connectivity index (χ2n) is 7.39. The average Bonchev–Trinajstić information content (AvgIpc) is 3.23. The van der Waals surface area contributed by atoms with Crippen LogP contribution in [-0.2, 0) is 18.6 Å². The highest BCUT2D eigenvalue weighted by atomic mass is 32.2. The summed E-state index contributed by atoms with van der Waals surface area (Å²) >= 11 is 0. The third-order valence-electron chi connectivity index (χ3n) is 5.21. The number of hydrogen-bond acceptors (Lipinski definition) is 5. The summed E-state index contributed by atoms with van der Waals surface area (Å²) in [6.45, 7) is 1.50. The van der Waals surface area contributed by atoms with Gasteiger partial charge in [-0.1, -0.05) is 24.3 Å². The Morgan fingerprint density at radius 2 is 2.07 bits per heavy atom. The van der Waals surface area contributed by atoms with Crippen LogP contribution in [0.3, 0.4) is 0 Å². The molecule has 2 aromatic rings. The number of nitrogens with zero attached hydrogens (tertiary/aromatic N) is 1. The number of hydrogen-bond donors (Lipinski definition) is 2. The first-order valence-corrected chi connectivity index (χ1v) is 13.1. The number of ether oxygens (including phenoxy) is 2. The van der Waals surface area contributed by atoms with Crippen LogP contribution in [0, 0.1) is 11.3 Å². The van der Waals surface area contributed by atoms with Crippen molar-refractivity contribution in [1.29, 1.82) is 5.26 Å². The fourth-order valence-corrected chi connectivity index (χ4v) is 7.78. The molecule has 0 spiro atoms. The van der Waals surface area contributed by atoms with E-state index in [4.69, 9.17) is 19.3 Å². The van der Waals surface area contributed by atoms with Crippen molar-refractivity contribution in [3.8, 4) is 17.2 Å². The van der Waals surface area contributed by atoms with Crippen LogP contribution in [0.4, 0.5) is 0 Å². The molecule has 158 valence electrons. The Kier molecular flexibility index (Phi) is 6.17. The Hall–Kier alpha value is -1.91. The first-order valence-electron chi connectivity index (χ1n) is 9.63. The van der Waals surface area contributed by atoms with E-state index in [0.717, 1.165) is 11.1 Å². The first-order chi connectivity index (χ1) is 14.4. The quantitative estimate of drug-likeness (QED) is 0.384. The van der Waals surface area contributed by atoms with Crippen LogP contribution in [0.1, 0.15) is 12.0 Å². The predicted molar refractivity (Wildman–Crippen MR) is 118 cm³/mol. The predicted octanol–water partition coefficient (Wildman–Crippen LogP) is 4.58. The van der Waals surface area contributed by atoms with Gasteiger partial charge in [-0.15, -0.1) is 0 Å². The number of rotatable bonds is 6. The van der Waals surface area contributed by atoms with Gasteiger partial charge in [0, 0.05) is 36.1 Å². The van der Waals surface area contributed by atoms with Gasteiger partial charge in [0.2, 0.25) is 0 Å². The number of fused-ring (bicyclic) bond motifs is 3. The minimum atomic E-state index is -3.65. The lowest BCUT2D eigenvalue weighted by Crippen LogP contribution is -2.27. The summed E-state index contributed by atoms with van der Waals surface area (Å²) in [4.78, 5) is 12.2. The number of allylic oxidation sites excluding steroid dienone is 1. The van der Waals surface area contributed by atoms with Gasteiger partial charge in [0.15, 0.2) is 0 Å². The number of benzene rings is 2.